The molecule has 0 unspecified atom stereocenters. The van der Waals surface area contributed by atoms with Crippen molar-refractivity contribution in [2.24, 2.45) is 5.92 Å². The van der Waals surface area contributed by atoms with Gasteiger partial charge in [-0.2, -0.15) is 0 Å². The van der Waals surface area contributed by atoms with Crippen molar-refractivity contribution in [2.75, 3.05) is 33.3 Å². The van der Waals surface area contributed by atoms with Crippen LogP contribution in [0.1, 0.15) is 31.2 Å². The summed E-state index contributed by atoms with van der Waals surface area (Å²) < 4.78 is 11.7. The molecular weight excluding hydrogens is 316 g/mol. The topological polar surface area (TPSA) is 42.0 Å². The van der Waals surface area contributed by atoms with Gasteiger partial charge in [0.25, 0.3) is 5.91 Å². The Morgan fingerprint density at radius 2 is 2.04 bits per heavy atom. The molecule has 3 atom stereocenters. The molecule has 3 fully saturated rings. The quantitative estimate of drug-likeness (QED) is 0.840. The van der Waals surface area contributed by atoms with E-state index in [0.717, 1.165) is 64.2 Å². The number of benzene rings is 1. The molecule has 4 rings (SSSR count). The summed E-state index contributed by atoms with van der Waals surface area (Å²) in [6.07, 6.45) is 4.28. The highest BCUT2D eigenvalue weighted by molar-refractivity contribution is 5.81. The van der Waals surface area contributed by atoms with E-state index in [1.54, 1.807) is 7.11 Å². The number of carbonyl (C=O) groups is 1. The Kier molecular flexibility index (Phi) is 4.95. The Morgan fingerprint density at radius 3 is 2.84 bits per heavy atom. The molecule has 3 heterocycles. The fourth-order valence-electron chi connectivity index (χ4n) is 4.51. The van der Waals surface area contributed by atoms with Crippen LogP contribution in [0.2, 0.25) is 0 Å². The van der Waals surface area contributed by atoms with E-state index in [9.17, 15) is 4.79 Å². The zero-order chi connectivity index (χ0) is 17.2. The largest absolute Gasteiger partial charge is 0.496 e. The second-order valence-electron chi connectivity index (χ2n) is 7.53. The van der Waals surface area contributed by atoms with Crippen LogP contribution >= 0.6 is 0 Å². The van der Waals surface area contributed by atoms with Gasteiger partial charge in [-0.3, -0.25) is 9.69 Å². The smallest absolute Gasteiger partial charge is 0.251 e. The summed E-state index contributed by atoms with van der Waals surface area (Å²) in [6.45, 7) is 4.67. The number of rotatable bonds is 4. The molecule has 5 nitrogen and oxygen atoms in total. The van der Waals surface area contributed by atoms with Crippen molar-refractivity contribution in [2.45, 2.75) is 44.4 Å². The highest BCUT2D eigenvalue weighted by Gasteiger charge is 2.43. The number of para-hydroxylation sites is 1. The van der Waals surface area contributed by atoms with Crippen LogP contribution < -0.4 is 4.74 Å². The van der Waals surface area contributed by atoms with Crippen molar-refractivity contribution in [3.8, 4) is 5.75 Å². The minimum atomic E-state index is -0.209. The molecule has 1 amide bonds. The molecule has 1 aromatic carbocycles. The lowest BCUT2D eigenvalue weighted by molar-refractivity contribution is -0.142. The molecule has 1 aromatic rings. The van der Waals surface area contributed by atoms with Gasteiger partial charge in [-0.15, -0.1) is 0 Å². The molecule has 5 heteroatoms. The highest BCUT2D eigenvalue weighted by Crippen LogP contribution is 2.35. The number of methoxy groups -OCH3 is 1. The van der Waals surface area contributed by atoms with Gasteiger partial charge in [-0.05, 0) is 44.2 Å². The van der Waals surface area contributed by atoms with Gasteiger partial charge < -0.3 is 14.4 Å². The maximum absolute atomic E-state index is 12.6. The fraction of sp³-hybridized carbons (Fsp3) is 0.650. The normalized spacial score (nSPS) is 29.6. The number of hydrogen-bond donors (Lipinski definition) is 0. The van der Waals surface area contributed by atoms with E-state index >= 15 is 0 Å². The third-order valence-electron chi connectivity index (χ3n) is 5.92. The number of hydrogen-bond acceptors (Lipinski definition) is 4. The van der Waals surface area contributed by atoms with Crippen LogP contribution in [0.4, 0.5) is 0 Å². The van der Waals surface area contributed by atoms with Gasteiger partial charge in [0, 0.05) is 31.7 Å². The van der Waals surface area contributed by atoms with Crippen molar-refractivity contribution in [1.29, 1.82) is 0 Å². The minimum absolute atomic E-state index is 0.194. The molecule has 0 radical (unpaired) electrons. The summed E-state index contributed by atoms with van der Waals surface area (Å²) >= 11 is 0. The van der Waals surface area contributed by atoms with Crippen molar-refractivity contribution in [1.82, 2.24) is 9.80 Å². The number of amides is 1. The lowest BCUT2D eigenvalue weighted by Gasteiger charge is -2.34. The van der Waals surface area contributed by atoms with Gasteiger partial charge in [-0.1, -0.05) is 18.2 Å². The Bertz CT molecular complexity index is 615. The van der Waals surface area contributed by atoms with Crippen LogP contribution in [-0.4, -0.2) is 61.2 Å². The molecule has 0 aromatic heterocycles. The Hall–Kier alpha value is -1.59. The second kappa shape index (κ2) is 7.34. The molecule has 3 saturated heterocycles. The van der Waals surface area contributed by atoms with Crippen LogP contribution in [0.25, 0.3) is 0 Å². The molecular formula is C20H28N2O3. The Morgan fingerprint density at radius 1 is 1.24 bits per heavy atom. The first kappa shape index (κ1) is 16.9. The lowest BCUT2D eigenvalue weighted by atomic mass is 9.91. The predicted octanol–water partition coefficient (Wildman–Crippen LogP) is 2.30. The van der Waals surface area contributed by atoms with Crippen molar-refractivity contribution in [3.63, 3.8) is 0 Å². The third-order valence-corrected chi connectivity index (χ3v) is 5.92. The molecule has 3 aliphatic heterocycles. The van der Waals surface area contributed by atoms with Gasteiger partial charge >= 0.3 is 0 Å². The van der Waals surface area contributed by atoms with Crippen LogP contribution in [-0.2, 0) is 16.1 Å². The first-order valence-electron chi connectivity index (χ1n) is 9.53. The fourth-order valence-corrected chi connectivity index (χ4v) is 4.51. The van der Waals surface area contributed by atoms with Gasteiger partial charge in [0.15, 0.2) is 0 Å². The summed E-state index contributed by atoms with van der Waals surface area (Å²) in [5.41, 5.74) is 1.21. The molecule has 3 aliphatic rings. The van der Waals surface area contributed by atoms with E-state index in [1.807, 2.05) is 17.0 Å². The summed E-state index contributed by atoms with van der Waals surface area (Å²) in [7, 11) is 1.72. The van der Waals surface area contributed by atoms with E-state index in [4.69, 9.17) is 9.47 Å². The van der Waals surface area contributed by atoms with Gasteiger partial charge in [0.2, 0.25) is 0 Å². The lowest BCUT2D eigenvalue weighted by Crippen LogP contribution is -2.42. The van der Waals surface area contributed by atoms with Gasteiger partial charge in [0.1, 0.15) is 11.9 Å². The summed E-state index contributed by atoms with van der Waals surface area (Å²) in [5.74, 6) is 1.70. The zero-order valence-corrected chi connectivity index (χ0v) is 15.0. The van der Waals surface area contributed by atoms with Gasteiger partial charge in [0.05, 0.1) is 13.2 Å². The van der Waals surface area contributed by atoms with Crippen LogP contribution in [0.5, 0.6) is 5.75 Å². The maximum Gasteiger partial charge on any atom is 0.251 e. The molecule has 0 bridgehead atoms. The van der Waals surface area contributed by atoms with Crippen molar-refractivity contribution >= 4 is 5.91 Å². The van der Waals surface area contributed by atoms with Crippen molar-refractivity contribution < 1.29 is 14.3 Å². The Balaban J connectivity index is 1.36. The van der Waals surface area contributed by atoms with Gasteiger partial charge in [-0.25, -0.2) is 0 Å². The standard InChI is InChI=1S/C20H28N2O3/c1-24-17-7-3-2-6-16(17)13-21-11-8-15-12-18(25-19(15)14-21)20(23)22-9-4-5-10-22/h2-3,6-7,15,18-19H,4-5,8-14H2,1H3/t15-,18+,19-/m0/s1. The van der Waals surface area contributed by atoms with E-state index in [-0.39, 0.29) is 18.1 Å². The van der Waals surface area contributed by atoms with Crippen molar-refractivity contribution in [3.05, 3.63) is 29.8 Å². The average Bonchev–Trinajstić information content (AvgIpc) is 3.31. The zero-order valence-electron chi connectivity index (χ0n) is 15.0. The van der Waals surface area contributed by atoms with E-state index in [0.29, 0.717) is 5.92 Å². The second-order valence-corrected chi connectivity index (χ2v) is 7.53. The number of piperidine rings is 1. The molecule has 0 saturated carbocycles. The number of fused-ring (bicyclic) bond motifs is 1. The average molecular weight is 344 g/mol. The summed E-state index contributed by atoms with van der Waals surface area (Å²) in [5, 5.41) is 0. The number of likely N-dealkylation sites (tertiary alicyclic amines) is 2. The predicted molar refractivity (Wildman–Crippen MR) is 95.5 cm³/mol. The number of carbonyl (C=O) groups excluding carboxylic acids is 1. The Labute approximate surface area is 149 Å². The first-order valence-corrected chi connectivity index (χ1v) is 9.53. The SMILES string of the molecule is COc1ccccc1CN1CC[C@H]2C[C@H](C(=O)N3CCCC3)O[C@H]2C1. The monoisotopic (exact) mass is 344 g/mol. The molecule has 0 aliphatic carbocycles. The third kappa shape index (κ3) is 3.53. The molecule has 136 valence electrons. The maximum atomic E-state index is 12.6. The van der Waals surface area contributed by atoms with E-state index in [1.165, 1.54) is 5.56 Å². The number of ether oxygens (including phenoxy) is 2. The molecule has 0 spiro atoms. The summed E-state index contributed by atoms with van der Waals surface area (Å²) in [6, 6.07) is 8.20. The summed E-state index contributed by atoms with van der Waals surface area (Å²) in [4.78, 5) is 17.0. The molecule has 25 heavy (non-hydrogen) atoms. The van der Waals surface area contributed by atoms with E-state index in [2.05, 4.69) is 17.0 Å². The minimum Gasteiger partial charge on any atom is -0.496 e. The number of nitrogens with zero attached hydrogens (tertiary/aromatic N) is 2. The van der Waals surface area contributed by atoms with Crippen LogP contribution in [0, 0.1) is 5.92 Å². The van der Waals surface area contributed by atoms with Crippen LogP contribution in [0.3, 0.4) is 0 Å². The highest BCUT2D eigenvalue weighted by atomic mass is 16.5. The molecule has 0 N–H and O–H groups in total. The van der Waals surface area contributed by atoms with E-state index < -0.39 is 0 Å². The van der Waals surface area contributed by atoms with Crippen LogP contribution in [0.15, 0.2) is 24.3 Å². The first-order chi connectivity index (χ1) is 12.2.